The molecule has 0 fully saturated rings. The van der Waals surface area contributed by atoms with Crippen LogP contribution in [0.4, 0.5) is 4.39 Å². The van der Waals surface area contributed by atoms with Crippen LogP contribution in [0, 0.1) is 5.82 Å². The van der Waals surface area contributed by atoms with Crippen LogP contribution in [0.1, 0.15) is 25.3 Å². The summed E-state index contributed by atoms with van der Waals surface area (Å²) in [6.45, 7) is 1.83. The molecular formula is C14H18FNO4. The van der Waals surface area contributed by atoms with Gasteiger partial charge in [-0.1, -0.05) is 19.4 Å². The molecule has 20 heavy (non-hydrogen) atoms. The molecule has 0 saturated heterocycles. The summed E-state index contributed by atoms with van der Waals surface area (Å²) in [5, 5.41) is 11.4. The summed E-state index contributed by atoms with van der Waals surface area (Å²) in [6.07, 6.45) is 0.931. The van der Waals surface area contributed by atoms with E-state index in [1.165, 1.54) is 19.2 Å². The van der Waals surface area contributed by atoms with Crippen LogP contribution in [-0.2, 0) is 16.0 Å². The number of methoxy groups -OCH3 is 1. The Kier molecular flexibility index (Phi) is 5.96. The Morgan fingerprint density at radius 1 is 1.45 bits per heavy atom. The van der Waals surface area contributed by atoms with Crippen molar-refractivity contribution in [3.05, 3.63) is 29.6 Å². The predicted molar refractivity (Wildman–Crippen MR) is 71.1 cm³/mol. The topological polar surface area (TPSA) is 75.6 Å². The van der Waals surface area contributed by atoms with Crippen LogP contribution in [0.25, 0.3) is 0 Å². The number of carboxylic acid groups (broad SMARTS) is 1. The van der Waals surface area contributed by atoms with Gasteiger partial charge in [-0.3, -0.25) is 4.79 Å². The Hall–Kier alpha value is -2.11. The average molecular weight is 283 g/mol. The second-order valence-corrected chi connectivity index (χ2v) is 4.39. The van der Waals surface area contributed by atoms with Crippen molar-refractivity contribution >= 4 is 11.9 Å². The summed E-state index contributed by atoms with van der Waals surface area (Å²) >= 11 is 0. The van der Waals surface area contributed by atoms with E-state index in [-0.39, 0.29) is 12.2 Å². The molecule has 5 nitrogen and oxygen atoms in total. The molecular weight excluding hydrogens is 265 g/mol. The van der Waals surface area contributed by atoms with Gasteiger partial charge in [0.1, 0.15) is 6.04 Å². The third-order valence-electron chi connectivity index (χ3n) is 2.79. The SMILES string of the molecule is CCCC(NC(=O)Cc1ccc(OC)c(F)c1)C(=O)O. The molecule has 1 rings (SSSR count). The maximum absolute atomic E-state index is 13.5. The number of nitrogens with one attached hydrogen (secondary N) is 1. The molecule has 1 atom stereocenters. The minimum atomic E-state index is -1.07. The van der Waals surface area contributed by atoms with Gasteiger partial charge in [0.25, 0.3) is 0 Å². The van der Waals surface area contributed by atoms with Crippen LogP contribution < -0.4 is 10.1 Å². The van der Waals surface area contributed by atoms with Crippen molar-refractivity contribution in [2.75, 3.05) is 7.11 Å². The molecule has 0 heterocycles. The van der Waals surface area contributed by atoms with Gasteiger partial charge in [0.15, 0.2) is 11.6 Å². The zero-order chi connectivity index (χ0) is 15.1. The number of ether oxygens (including phenoxy) is 1. The molecule has 110 valence electrons. The summed E-state index contributed by atoms with van der Waals surface area (Å²) in [6, 6.07) is 3.29. The summed E-state index contributed by atoms with van der Waals surface area (Å²) < 4.78 is 18.2. The molecule has 0 bridgehead atoms. The minimum absolute atomic E-state index is 0.0750. The van der Waals surface area contributed by atoms with Gasteiger partial charge >= 0.3 is 5.97 Å². The molecule has 1 amide bonds. The van der Waals surface area contributed by atoms with Gasteiger partial charge in [-0.05, 0) is 24.1 Å². The van der Waals surface area contributed by atoms with Crippen molar-refractivity contribution in [1.29, 1.82) is 0 Å². The van der Waals surface area contributed by atoms with Crippen LogP contribution in [0.2, 0.25) is 0 Å². The van der Waals surface area contributed by atoms with Crippen LogP contribution in [0.3, 0.4) is 0 Å². The summed E-state index contributed by atoms with van der Waals surface area (Å²) in [5.41, 5.74) is 0.460. The van der Waals surface area contributed by atoms with E-state index in [1.54, 1.807) is 6.07 Å². The number of carbonyl (C=O) groups excluding carboxylic acids is 1. The van der Waals surface area contributed by atoms with Crippen LogP contribution >= 0.6 is 0 Å². The number of hydrogen-bond acceptors (Lipinski definition) is 3. The van der Waals surface area contributed by atoms with Crippen LogP contribution in [-0.4, -0.2) is 30.1 Å². The molecule has 1 aromatic rings. The second-order valence-electron chi connectivity index (χ2n) is 4.39. The lowest BCUT2D eigenvalue weighted by Gasteiger charge is -2.13. The molecule has 0 aliphatic carbocycles. The number of hydrogen-bond donors (Lipinski definition) is 2. The Morgan fingerprint density at radius 2 is 2.15 bits per heavy atom. The second kappa shape index (κ2) is 7.47. The van der Waals surface area contributed by atoms with E-state index in [4.69, 9.17) is 9.84 Å². The van der Waals surface area contributed by atoms with E-state index < -0.39 is 23.7 Å². The maximum atomic E-state index is 13.5. The minimum Gasteiger partial charge on any atom is -0.494 e. The third-order valence-corrected chi connectivity index (χ3v) is 2.79. The zero-order valence-corrected chi connectivity index (χ0v) is 11.5. The van der Waals surface area contributed by atoms with Gasteiger partial charge in [-0.25, -0.2) is 9.18 Å². The van der Waals surface area contributed by atoms with Gasteiger partial charge in [-0.2, -0.15) is 0 Å². The zero-order valence-electron chi connectivity index (χ0n) is 11.5. The Morgan fingerprint density at radius 3 is 2.65 bits per heavy atom. The quantitative estimate of drug-likeness (QED) is 0.799. The number of carboxylic acids is 1. The lowest BCUT2D eigenvalue weighted by Crippen LogP contribution is -2.41. The van der Waals surface area contributed by atoms with Gasteiger partial charge < -0.3 is 15.2 Å². The van der Waals surface area contributed by atoms with Crippen LogP contribution in [0.5, 0.6) is 5.75 Å². The average Bonchev–Trinajstić information content (AvgIpc) is 2.38. The van der Waals surface area contributed by atoms with Gasteiger partial charge in [0.05, 0.1) is 13.5 Å². The predicted octanol–water partition coefficient (Wildman–Crippen LogP) is 1.75. The number of halogens is 1. The van der Waals surface area contributed by atoms with E-state index in [1.807, 2.05) is 6.92 Å². The largest absolute Gasteiger partial charge is 0.494 e. The first-order valence-corrected chi connectivity index (χ1v) is 6.32. The van der Waals surface area contributed by atoms with E-state index in [0.29, 0.717) is 18.4 Å². The monoisotopic (exact) mass is 283 g/mol. The summed E-state index contributed by atoms with van der Waals surface area (Å²) in [5.74, 6) is -1.97. The molecule has 0 radical (unpaired) electrons. The highest BCUT2D eigenvalue weighted by Crippen LogP contribution is 2.17. The molecule has 0 aromatic heterocycles. The molecule has 2 N–H and O–H groups in total. The fourth-order valence-corrected chi connectivity index (χ4v) is 1.80. The highest BCUT2D eigenvalue weighted by atomic mass is 19.1. The first kappa shape index (κ1) is 15.9. The van der Waals surface area contributed by atoms with Crippen molar-refractivity contribution in [2.24, 2.45) is 0 Å². The molecule has 1 unspecified atom stereocenters. The van der Waals surface area contributed by atoms with Crippen molar-refractivity contribution < 1.29 is 23.8 Å². The first-order chi connectivity index (χ1) is 9.47. The number of amides is 1. The standard InChI is InChI=1S/C14H18FNO4/c1-3-4-11(14(18)19)16-13(17)8-9-5-6-12(20-2)10(15)7-9/h5-7,11H,3-4,8H2,1-2H3,(H,16,17)(H,18,19). The third kappa shape index (κ3) is 4.53. The summed E-state index contributed by atoms with van der Waals surface area (Å²) in [7, 11) is 1.35. The maximum Gasteiger partial charge on any atom is 0.326 e. The highest BCUT2D eigenvalue weighted by molar-refractivity contribution is 5.84. The van der Waals surface area contributed by atoms with Gasteiger partial charge in [0, 0.05) is 0 Å². The van der Waals surface area contributed by atoms with E-state index in [9.17, 15) is 14.0 Å². The lowest BCUT2D eigenvalue weighted by atomic mass is 10.1. The molecule has 1 aromatic carbocycles. The molecule has 6 heteroatoms. The molecule has 0 aliphatic rings. The smallest absolute Gasteiger partial charge is 0.326 e. The van der Waals surface area contributed by atoms with Gasteiger partial charge in [0.2, 0.25) is 5.91 Å². The van der Waals surface area contributed by atoms with Crippen molar-refractivity contribution in [3.8, 4) is 5.75 Å². The first-order valence-electron chi connectivity index (χ1n) is 6.32. The van der Waals surface area contributed by atoms with Crippen molar-refractivity contribution in [3.63, 3.8) is 0 Å². The molecule has 0 aliphatic heterocycles. The number of carbonyl (C=O) groups is 2. The van der Waals surface area contributed by atoms with E-state index in [2.05, 4.69) is 5.32 Å². The number of aliphatic carboxylic acids is 1. The lowest BCUT2D eigenvalue weighted by molar-refractivity contribution is -0.141. The molecule has 0 spiro atoms. The van der Waals surface area contributed by atoms with E-state index in [0.717, 1.165) is 0 Å². The van der Waals surface area contributed by atoms with Crippen molar-refractivity contribution in [1.82, 2.24) is 5.32 Å². The Bertz CT molecular complexity index is 490. The normalized spacial score (nSPS) is 11.8. The number of rotatable bonds is 7. The molecule has 0 saturated carbocycles. The fourth-order valence-electron chi connectivity index (χ4n) is 1.80. The summed E-state index contributed by atoms with van der Waals surface area (Å²) in [4.78, 5) is 22.7. The fraction of sp³-hybridized carbons (Fsp3) is 0.429. The van der Waals surface area contributed by atoms with Gasteiger partial charge in [-0.15, -0.1) is 0 Å². The van der Waals surface area contributed by atoms with Crippen LogP contribution in [0.15, 0.2) is 18.2 Å². The Balaban J connectivity index is 2.66. The number of benzene rings is 1. The Labute approximate surface area is 116 Å². The van der Waals surface area contributed by atoms with E-state index >= 15 is 0 Å². The highest BCUT2D eigenvalue weighted by Gasteiger charge is 2.19. The van der Waals surface area contributed by atoms with Crippen molar-refractivity contribution in [2.45, 2.75) is 32.2 Å².